The number of aliphatic imine (C=N–C) groups is 3. The van der Waals surface area contributed by atoms with Gasteiger partial charge in [0.05, 0.1) is 37.6 Å². The Balaban J connectivity index is 1.28. The molecule has 0 radical (unpaired) electrons. The number of methoxy groups -OCH3 is 1. The van der Waals surface area contributed by atoms with Gasteiger partial charge in [-0.1, -0.05) is 6.08 Å². The predicted octanol–water partition coefficient (Wildman–Crippen LogP) is -0.605. The van der Waals surface area contributed by atoms with Crippen LogP contribution in [-0.4, -0.2) is 94.3 Å². The number of allylic oxidation sites excluding steroid dienone is 3. The molecule has 1 aromatic heterocycles. The fourth-order valence-corrected chi connectivity index (χ4v) is 7.17. The molecule has 5 aliphatic heterocycles. The Labute approximate surface area is 281 Å². The van der Waals surface area contributed by atoms with E-state index in [1.54, 1.807) is 32.3 Å². The van der Waals surface area contributed by atoms with Gasteiger partial charge < -0.3 is 39.6 Å². The van der Waals surface area contributed by atoms with Crippen molar-refractivity contribution in [3.8, 4) is 17.2 Å². The van der Waals surface area contributed by atoms with E-state index >= 15 is 0 Å². The Morgan fingerprint density at radius 1 is 1.31 bits per heavy atom. The highest BCUT2D eigenvalue weighted by Crippen LogP contribution is 2.54. The maximum atomic E-state index is 13.0. The third-order valence-electron chi connectivity index (χ3n) is 9.67. The summed E-state index contributed by atoms with van der Waals surface area (Å²) in [5.74, 6) is 0.0464. The minimum atomic E-state index is -1.16. The van der Waals surface area contributed by atoms with Gasteiger partial charge in [-0.15, -0.1) is 0 Å². The topological polar surface area (TPSA) is 213 Å². The van der Waals surface area contributed by atoms with E-state index in [-0.39, 0.29) is 48.8 Å². The zero-order valence-electron chi connectivity index (χ0n) is 27.4. The number of carbonyl (C=O) groups excluding carboxylic acids is 1. The number of nitrogens with one attached hydrogen (secondary N) is 3. The largest absolute Gasteiger partial charge is 0.857 e. The molecule has 1 fully saturated rings. The summed E-state index contributed by atoms with van der Waals surface area (Å²) in [6.07, 6.45) is 8.14. The molecule has 0 saturated carbocycles. The van der Waals surface area contributed by atoms with Crippen LogP contribution < -0.4 is 29.5 Å². The lowest BCUT2D eigenvalue weighted by molar-refractivity contribution is -0.730. The molecule has 6 heterocycles. The zero-order chi connectivity index (χ0) is 34.4. The van der Waals surface area contributed by atoms with Crippen molar-refractivity contribution in [2.45, 2.75) is 58.0 Å². The number of imidazole rings is 1. The highest BCUT2D eigenvalue weighted by atomic mass is 16.6. The van der Waals surface area contributed by atoms with Gasteiger partial charge in [0.2, 0.25) is 11.7 Å². The number of guanidine groups is 1. The van der Waals surface area contributed by atoms with Gasteiger partial charge in [-0.05, 0) is 57.3 Å². The van der Waals surface area contributed by atoms with E-state index < -0.39 is 36.1 Å². The summed E-state index contributed by atoms with van der Waals surface area (Å²) in [7, 11) is 1.54. The molecule has 258 valence electrons. The lowest BCUT2D eigenvalue weighted by Crippen LogP contribution is -3.10. The number of aromatic nitrogens is 2. The predicted molar refractivity (Wildman–Crippen MR) is 174 cm³/mol. The number of rotatable bonds is 9. The summed E-state index contributed by atoms with van der Waals surface area (Å²) in [6.45, 7) is 5.18. The van der Waals surface area contributed by atoms with Crippen molar-refractivity contribution < 1.29 is 44.0 Å². The molecule has 1 saturated heterocycles. The minimum absolute atomic E-state index is 0.0105. The molecule has 5 aliphatic rings. The molecular weight excluding hydrogens is 636 g/mol. The Hall–Kier alpha value is -4.90. The standard InChI is InChI=1S/C33H38N8O8/c1-4-47-30(44)21-13-17(7-11-40-12-10-36-32(40)41-16-37-24-28(41)38-31(34)39-29(24)43)23-26(46-3)19-14-22(33(2,45)18-5-8-35-9-6-18)49-25(19)20(15-42)27(23)48-21/h7,10,12-13,18,22,35,42,45H,4-6,8-9,11,14-16H2,1-3H3,(H2,34,39,43). The van der Waals surface area contributed by atoms with Crippen LogP contribution in [0.15, 0.2) is 45.3 Å². The van der Waals surface area contributed by atoms with Gasteiger partial charge in [0.25, 0.3) is 5.84 Å². The van der Waals surface area contributed by atoms with Gasteiger partial charge in [0, 0.05) is 30.6 Å². The molecule has 1 aromatic carbocycles. The molecule has 3 atom stereocenters. The second-order valence-corrected chi connectivity index (χ2v) is 12.5. The fraction of sp³-hybridized carbons (Fsp3) is 0.455. The molecule has 16 heteroatoms. The number of aliphatic hydroxyl groups is 2. The van der Waals surface area contributed by atoms with Crippen molar-refractivity contribution in [2.24, 2.45) is 20.9 Å². The normalized spacial score (nSPS) is 23.6. The number of esters is 1. The van der Waals surface area contributed by atoms with Crippen LogP contribution in [0.4, 0.5) is 5.95 Å². The summed E-state index contributed by atoms with van der Waals surface area (Å²) in [6, 6.07) is 0. The molecule has 49 heavy (non-hydrogen) atoms. The van der Waals surface area contributed by atoms with E-state index in [2.05, 4.69) is 25.3 Å². The average Bonchev–Trinajstić information content (AvgIpc) is 3.85. The van der Waals surface area contributed by atoms with E-state index in [1.165, 1.54) is 7.11 Å². The van der Waals surface area contributed by atoms with E-state index in [1.807, 2.05) is 10.6 Å². The monoisotopic (exact) mass is 674 g/mol. The summed E-state index contributed by atoms with van der Waals surface area (Å²) in [5.41, 5.74) is 1.04. The number of quaternary nitrogens is 1. The molecule has 3 unspecified atom stereocenters. The van der Waals surface area contributed by atoms with Gasteiger partial charge in [-0.2, -0.15) is 9.98 Å². The third kappa shape index (κ3) is 5.59. The first-order valence-electron chi connectivity index (χ1n) is 16.3. The van der Waals surface area contributed by atoms with Gasteiger partial charge in [0.1, 0.15) is 29.0 Å². The van der Waals surface area contributed by atoms with Gasteiger partial charge >= 0.3 is 11.9 Å². The van der Waals surface area contributed by atoms with Crippen LogP contribution in [0.2, 0.25) is 0 Å². The van der Waals surface area contributed by atoms with Crippen molar-refractivity contribution in [1.82, 2.24) is 14.9 Å². The molecule has 5 N–H and O–H groups in total. The van der Waals surface area contributed by atoms with Gasteiger partial charge in [0.15, 0.2) is 12.4 Å². The van der Waals surface area contributed by atoms with Crippen LogP contribution in [0.1, 0.15) is 43.4 Å². The van der Waals surface area contributed by atoms with Crippen LogP contribution >= 0.6 is 0 Å². The third-order valence-corrected chi connectivity index (χ3v) is 9.67. The SMILES string of the molecule is CCOC(=O)C1=CC(=CCn2ccnc2[NH+]2CN=C3C([O-])=NC(=N)N=C32)c2c(OC)c3c(c(CO)c2O1)OC(C(C)(O)C1CCNCC1)C3. The molecule has 2 aromatic rings. The Kier molecular flexibility index (Phi) is 8.56. The summed E-state index contributed by atoms with van der Waals surface area (Å²) in [5, 5.41) is 46.0. The van der Waals surface area contributed by atoms with E-state index in [0.29, 0.717) is 51.0 Å². The second-order valence-electron chi connectivity index (χ2n) is 12.5. The van der Waals surface area contributed by atoms with Crippen molar-refractivity contribution in [3.05, 3.63) is 47.0 Å². The van der Waals surface area contributed by atoms with Crippen LogP contribution in [0.3, 0.4) is 0 Å². The van der Waals surface area contributed by atoms with Crippen LogP contribution in [0, 0.1) is 11.3 Å². The number of aliphatic hydroxyl groups excluding tert-OH is 1. The number of hydrogen-bond donors (Lipinski definition) is 5. The number of benzene rings is 1. The van der Waals surface area contributed by atoms with Crippen molar-refractivity contribution >= 4 is 40.9 Å². The Morgan fingerprint density at radius 2 is 2.10 bits per heavy atom. The number of carbonyl (C=O) groups is 1. The highest BCUT2D eigenvalue weighted by Gasteiger charge is 2.47. The first kappa shape index (κ1) is 32.6. The smallest absolute Gasteiger partial charge is 0.374 e. The molecule has 0 bridgehead atoms. The van der Waals surface area contributed by atoms with E-state index in [4.69, 9.17) is 24.4 Å². The van der Waals surface area contributed by atoms with Crippen LogP contribution in [0.25, 0.3) is 5.57 Å². The fourth-order valence-electron chi connectivity index (χ4n) is 7.17. The Bertz CT molecular complexity index is 1870. The summed E-state index contributed by atoms with van der Waals surface area (Å²) >= 11 is 0. The minimum Gasteiger partial charge on any atom is -0.857 e. The highest BCUT2D eigenvalue weighted by molar-refractivity contribution is 6.66. The number of hydrogen-bond acceptors (Lipinski definition) is 12. The average molecular weight is 675 g/mol. The number of fused-ring (bicyclic) bond motifs is 3. The lowest BCUT2D eigenvalue weighted by atomic mass is 9.77. The molecule has 0 spiro atoms. The van der Waals surface area contributed by atoms with Gasteiger partial charge in [-0.25, -0.2) is 19.7 Å². The van der Waals surface area contributed by atoms with Gasteiger partial charge in [-0.3, -0.25) is 9.98 Å². The van der Waals surface area contributed by atoms with E-state index in [0.717, 1.165) is 25.9 Å². The molecule has 7 rings (SSSR count). The summed E-state index contributed by atoms with van der Waals surface area (Å²) < 4.78 is 25.8. The number of ether oxygens (including phenoxy) is 4. The molecule has 0 amide bonds. The first-order valence-corrected chi connectivity index (χ1v) is 16.3. The first-order chi connectivity index (χ1) is 23.7. The molecular formula is C33H38N8O8. The maximum absolute atomic E-state index is 13.0. The summed E-state index contributed by atoms with van der Waals surface area (Å²) in [4.78, 5) is 30.2. The zero-order valence-corrected chi connectivity index (χ0v) is 27.4. The number of nitrogens with zero attached hydrogens (tertiary/aromatic N) is 5. The van der Waals surface area contributed by atoms with E-state index in [9.17, 15) is 20.1 Å². The van der Waals surface area contributed by atoms with Crippen LogP contribution in [-0.2, 0) is 29.1 Å². The van der Waals surface area contributed by atoms with Crippen molar-refractivity contribution in [2.75, 3.05) is 33.5 Å². The number of amidine groups is 1. The number of piperidine rings is 1. The molecule has 16 nitrogen and oxygen atoms in total. The Morgan fingerprint density at radius 3 is 2.84 bits per heavy atom. The quantitative estimate of drug-likeness (QED) is 0.213. The van der Waals surface area contributed by atoms with Crippen molar-refractivity contribution in [1.29, 1.82) is 5.41 Å². The van der Waals surface area contributed by atoms with Crippen molar-refractivity contribution in [3.63, 3.8) is 0 Å². The maximum Gasteiger partial charge on any atom is 0.374 e. The lowest BCUT2D eigenvalue weighted by Gasteiger charge is -2.39. The van der Waals surface area contributed by atoms with Crippen LogP contribution in [0.5, 0.6) is 17.2 Å². The second kappa shape index (κ2) is 12.9. The molecule has 0 aliphatic carbocycles.